The van der Waals surface area contributed by atoms with Gasteiger partial charge in [-0.05, 0) is 24.1 Å². The van der Waals surface area contributed by atoms with Crippen LogP contribution in [0.2, 0.25) is 0 Å². The number of hydrazone groups is 1. The number of para-hydroxylation sites is 2. The maximum absolute atomic E-state index is 10.2. The van der Waals surface area contributed by atoms with E-state index in [2.05, 4.69) is 32.3 Å². The van der Waals surface area contributed by atoms with Crippen molar-refractivity contribution in [2.75, 3.05) is 12.5 Å². The molecule has 0 unspecified atom stereocenters. The Bertz CT molecular complexity index is 971. The van der Waals surface area contributed by atoms with Gasteiger partial charge in [0, 0.05) is 16.9 Å². The number of H-pyrrole nitrogens is 1. The Balaban J connectivity index is 1.58. The molecular formula is C20H21N5O2S. The number of thioether (sulfide) groups is 1. The molecule has 8 heteroatoms. The zero-order chi connectivity index (χ0) is 19.8. The normalized spacial score (nSPS) is 10.9. The summed E-state index contributed by atoms with van der Waals surface area (Å²) in [6, 6.07) is 13.3. The number of anilines is 1. The van der Waals surface area contributed by atoms with Crippen molar-refractivity contribution >= 4 is 23.9 Å². The molecule has 3 aromatic rings. The number of phenolic OH excluding ortho intramolecular Hbond substituents is 1. The van der Waals surface area contributed by atoms with Crippen molar-refractivity contribution in [2.24, 2.45) is 5.10 Å². The van der Waals surface area contributed by atoms with Crippen molar-refractivity contribution in [3.05, 3.63) is 71.8 Å². The Morgan fingerprint density at radius 3 is 2.89 bits per heavy atom. The number of benzene rings is 2. The largest absolute Gasteiger partial charge is 0.507 e. The number of methoxy groups -OCH3 is 1. The number of aromatic hydroxyl groups is 1. The van der Waals surface area contributed by atoms with E-state index in [-0.39, 0.29) is 5.75 Å². The molecule has 3 N–H and O–H groups in total. The van der Waals surface area contributed by atoms with E-state index in [1.165, 1.54) is 18.0 Å². The fourth-order valence-electron chi connectivity index (χ4n) is 2.52. The second-order valence-electron chi connectivity index (χ2n) is 5.78. The molecule has 144 valence electrons. The van der Waals surface area contributed by atoms with Crippen LogP contribution in [-0.4, -0.2) is 33.6 Å². The van der Waals surface area contributed by atoms with Crippen molar-refractivity contribution in [1.29, 1.82) is 0 Å². The SMILES string of the molecule is C=CCc1cccc(/C=N\Nc2nc(SCc3ccccc3OC)n[nH]2)c1O. The summed E-state index contributed by atoms with van der Waals surface area (Å²) in [6.07, 6.45) is 3.87. The number of rotatable bonds is 9. The molecule has 1 aromatic heterocycles. The molecule has 1 heterocycles. The van der Waals surface area contributed by atoms with Gasteiger partial charge in [0.1, 0.15) is 11.5 Å². The van der Waals surface area contributed by atoms with Gasteiger partial charge < -0.3 is 9.84 Å². The van der Waals surface area contributed by atoms with Gasteiger partial charge in [-0.1, -0.05) is 48.2 Å². The molecule has 0 radical (unpaired) electrons. The number of hydrogen-bond donors (Lipinski definition) is 3. The van der Waals surface area contributed by atoms with Crippen LogP contribution in [0.15, 0.2) is 65.4 Å². The van der Waals surface area contributed by atoms with Crippen LogP contribution < -0.4 is 10.2 Å². The Morgan fingerprint density at radius 2 is 2.07 bits per heavy atom. The van der Waals surface area contributed by atoms with Crippen LogP contribution in [0.4, 0.5) is 5.95 Å². The van der Waals surface area contributed by atoms with Crippen molar-refractivity contribution in [1.82, 2.24) is 15.2 Å². The number of nitrogens with one attached hydrogen (secondary N) is 2. The Morgan fingerprint density at radius 1 is 1.25 bits per heavy atom. The van der Waals surface area contributed by atoms with Crippen LogP contribution >= 0.6 is 11.8 Å². The number of aromatic amines is 1. The van der Waals surface area contributed by atoms with Gasteiger partial charge in [0.05, 0.1) is 13.3 Å². The van der Waals surface area contributed by atoms with Gasteiger partial charge in [-0.25, -0.2) is 10.5 Å². The molecule has 3 rings (SSSR count). The lowest BCUT2D eigenvalue weighted by atomic mass is 10.1. The highest BCUT2D eigenvalue weighted by Crippen LogP contribution is 2.26. The summed E-state index contributed by atoms with van der Waals surface area (Å²) < 4.78 is 5.35. The summed E-state index contributed by atoms with van der Waals surface area (Å²) in [5.74, 6) is 2.14. The van der Waals surface area contributed by atoms with Gasteiger partial charge in [0.25, 0.3) is 0 Å². The Kier molecular flexibility index (Phi) is 6.69. The van der Waals surface area contributed by atoms with Crippen molar-refractivity contribution in [2.45, 2.75) is 17.3 Å². The zero-order valence-corrected chi connectivity index (χ0v) is 16.2. The highest BCUT2D eigenvalue weighted by Gasteiger charge is 2.07. The highest BCUT2D eigenvalue weighted by molar-refractivity contribution is 7.98. The third kappa shape index (κ3) is 4.92. The molecule has 0 amide bonds. The Labute approximate surface area is 167 Å². The molecular weight excluding hydrogens is 374 g/mol. The average Bonchev–Trinajstić information content (AvgIpc) is 3.17. The lowest BCUT2D eigenvalue weighted by molar-refractivity contribution is 0.411. The number of allylic oxidation sites excluding steroid dienone is 1. The molecule has 0 aliphatic carbocycles. The van der Waals surface area contributed by atoms with Gasteiger partial charge >= 0.3 is 0 Å². The predicted molar refractivity (Wildman–Crippen MR) is 112 cm³/mol. The van der Waals surface area contributed by atoms with Crippen LogP contribution in [0.3, 0.4) is 0 Å². The molecule has 28 heavy (non-hydrogen) atoms. The molecule has 0 saturated heterocycles. The van der Waals surface area contributed by atoms with Crippen LogP contribution in [-0.2, 0) is 12.2 Å². The van der Waals surface area contributed by atoms with E-state index in [4.69, 9.17) is 4.74 Å². The second-order valence-corrected chi connectivity index (χ2v) is 6.73. The third-order valence-corrected chi connectivity index (χ3v) is 4.80. The molecule has 0 saturated carbocycles. The summed E-state index contributed by atoms with van der Waals surface area (Å²) in [6.45, 7) is 3.69. The van der Waals surface area contributed by atoms with E-state index >= 15 is 0 Å². The zero-order valence-electron chi connectivity index (χ0n) is 15.4. The first-order chi connectivity index (χ1) is 13.7. The molecule has 0 bridgehead atoms. The first-order valence-corrected chi connectivity index (χ1v) is 9.57. The predicted octanol–water partition coefficient (Wildman–Crippen LogP) is 3.99. The summed E-state index contributed by atoms with van der Waals surface area (Å²) in [5, 5.41) is 21.9. The van der Waals surface area contributed by atoms with E-state index in [9.17, 15) is 5.11 Å². The standard InChI is InChI=1S/C20H21N5O2S/c1-3-7-14-9-6-10-15(18(14)26)12-21-23-19-22-20(25-24-19)28-13-16-8-4-5-11-17(16)27-2/h3-6,8-12,26H,1,7,13H2,2H3,(H2,22,23,24,25)/b21-12-. The quantitative estimate of drug-likeness (QED) is 0.219. The summed E-state index contributed by atoms with van der Waals surface area (Å²) in [5.41, 5.74) is 5.26. The van der Waals surface area contributed by atoms with E-state index in [0.717, 1.165) is 16.9 Å². The summed E-state index contributed by atoms with van der Waals surface area (Å²) >= 11 is 1.49. The molecule has 7 nitrogen and oxygen atoms in total. The van der Waals surface area contributed by atoms with Gasteiger partial charge in [-0.2, -0.15) is 10.1 Å². The number of nitrogens with zero attached hydrogens (tertiary/aromatic N) is 3. The monoisotopic (exact) mass is 395 g/mol. The minimum Gasteiger partial charge on any atom is -0.507 e. The van der Waals surface area contributed by atoms with E-state index in [1.807, 2.05) is 36.4 Å². The summed E-state index contributed by atoms with van der Waals surface area (Å²) in [4.78, 5) is 4.34. The average molecular weight is 395 g/mol. The van der Waals surface area contributed by atoms with Crippen molar-refractivity contribution in [3.63, 3.8) is 0 Å². The van der Waals surface area contributed by atoms with E-state index < -0.39 is 0 Å². The maximum atomic E-state index is 10.2. The first-order valence-electron chi connectivity index (χ1n) is 8.59. The van der Waals surface area contributed by atoms with Gasteiger partial charge in [-0.15, -0.1) is 11.7 Å². The lowest BCUT2D eigenvalue weighted by Crippen LogP contribution is -1.94. The van der Waals surface area contributed by atoms with Gasteiger partial charge in [-0.3, -0.25) is 0 Å². The van der Waals surface area contributed by atoms with Crippen LogP contribution in [0.5, 0.6) is 11.5 Å². The third-order valence-electron chi connectivity index (χ3n) is 3.90. The molecule has 0 spiro atoms. The highest BCUT2D eigenvalue weighted by atomic mass is 32.2. The van der Waals surface area contributed by atoms with E-state index in [0.29, 0.717) is 28.8 Å². The number of hydrogen-bond acceptors (Lipinski definition) is 7. The minimum atomic E-state index is 0.193. The number of aromatic nitrogens is 3. The lowest BCUT2D eigenvalue weighted by Gasteiger charge is -2.05. The maximum Gasteiger partial charge on any atom is 0.240 e. The topological polar surface area (TPSA) is 95.4 Å². The molecule has 2 aromatic carbocycles. The molecule has 0 aliphatic heterocycles. The van der Waals surface area contributed by atoms with E-state index in [1.54, 1.807) is 19.3 Å². The van der Waals surface area contributed by atoms with Crippen LogP contribution in [0, 0.1) is 0 Å². The Hall–Kier alpha value is -3.26. The van der Waals surface area contributed by atoms with Crippen molar-refractivity contribution in [3.8, 4) is 11.5 Å². The van der Waals surface area contributed by atoms with Crippen LogP contribution in [0.1, 0.15) is 16.7 Å². The minimum absolute atomic E-state index is 0.193. The van der Waals surface area contributed by atoms with Gasteiger partial charge in [0.2, 0.25) is 11.1 Å². The molecule has 0 aliphatic rings. The molecule has 0 atom stereocenters. The van der Waals surface area contributed by atoms with Gasteiger partial charge in [0.15, 0.2) is 0 Å². The fourth-order valence-corrected chi connectivity index (χ4v) is 3.31. The number of phenols is 1. The number of ether oxygens (including phenoxy) is 1. The summed E-state index contributed by atoms with van der Waals surface area (Å²) in [7, 11) is 1.65. The smallest absolute Gasteiger partial charge is 0.240 e. The first kappa shape index (κ1) is 19.5. The fraction of sp³-hybridized carbons (Fsp3) is 0.150. The second kappa shape index (κ2) is 9.61. The molecule has 0 fully saturated rings. The van der Waals surface area contributed by atoms with Crippen LogP contribution in [0.25, 0.3) is 0 Å². The van der Waals surface area contributed by atoms with Crippen molar-refractivity contribution < 1.29 is 9.84 Å².